The van der Waals surface area contributed by atoms with Gasteiger partial charge in [-0.2, -0.15) is 10.4 Å². The van der Waals surface area contributed by atoms with Crippen LogP contribution in [0.2, 0.25) is 0 Å². The number of anilines is 2. The van der Waals surface area contributed by atoms with Gasteiger partial charge in [0.25, 0.3) is 0 Å². The van der Waals surface area contributed by atoms with E-state index in [1.807, 2.05) is 19.1 Å². The summed E-state index contributed by atoms with van der Waals surface area (Å²) in [5, 5.41) is 25.6. The molecule has 8 nitrogen and oxygen atoms in total. The zero-order chi connectivity index (χ0) is 22.9. The smallest absolute Gasteiger partial charge is 0.221 e. The van der Waals surface area contributed by atoms with Crippen LogP contribution in [0.1, 0.15) is 70.7 Å². The predicted molar refractivity (Wildman–Crippen MR) is 122 cm³/mol. The third-order valence-electron chi connectivity index (χ3n) is 5.89. The highest BCUT2D eigenvalue weighted by Gasteiger charge is 2.36. The molecule has 1 aromatic carbocycles. The molecule has 3 rings (SSSR count). The molecule has 1 amide bonds. The Morgan fingerprint density at radius 3 is 2.61 bits per heavy atom. The number of nitrogens with one attached hydrogen (secondary N) is 1. The average molecular weight is 422 g/mol. The number of aromatic nitrogens is 2. The number of carbonyl (C=O) groups excluding carboxylic acids is 1. The fourth-order valence-electron chi connectivity index (χ4n) is 4.61. The van der Waals surface area contributed by atoms with Crippen molar-refractivity contribution in [2.75, 3.05) is 16.8 Å². The van der Waals surface area contributed by atoms with Gasteiger partial charge < -0.3 is 10.2 Å². The second-order valence-corrected chi connectivity index (χ2v) is 8.68. The first-order chi connectivity index (χ1) is 14.6. The monoisotopic (exact) mass is 421 g/mol. The molecule has 2 heterocycles. The van der Waals surface area contributed by atoms with Crippen molar-refractivity contribution >= 4 is 28.8 Å². The van der Waals surface area contributed by atoms with Crippen molar-refractivity contribution in [2.45, 2.75) is 72.9 Å². The minimum Gasteiger partial charge on any atom is -0.366 e. The van der Waals surface area contributed by atoms with Crippen molar-refractivity contribution in [3.63, 3.8) is 0 Å². The molecule has 0 saturated heterocycles. The molecule has 1 unspecified atom stereocenters. The van der Waals surface area contributed by atoms with Crippen LogP contribution in [-0.2, 0) is 11.3 Å². The first-order valence-electron chi connectivity index (χ1n) is 10.7. The zero-order valence-electron chi connectivity index (χ0n) is 19.4. The molecular formula is C23H31N7O. The normalized spacial score (nSPS) is 17.5. The van der Waals surface area contributed by atoms with Gasteiger partial charge in [0.1, 0.15) is 17.3 Å². The molecule has 1 atom stereocenters. The molecule has 0 bridgehead atoms. The second-order valence-electron chi connectivity index (χ2n) is 8.68. The molecule has 0 spiro atoms. The average Bonchev–Trinajstić information content (AvgIpc) is 3.00. The number of hydrogen-bond donors (Lipinski definition) is 1. The van der Waals surface area contributed by atoms with Gasteiger partial charge in [-0.05, 0) is 64.7 Å². The Morgan fingerprint density at radius 1 is 1.32 bits per heavy atom. The highest BCUT2D eigenvalue weighted by molar-refractivity contribution is 5.93. The summed E-state index contributed by atoms with van der Waals surface area (Å²) in [5.74, 6) is 0.597. The lowest BCUT2D eigenvalue weighted by Gasteiger charge is -2.47. The van der Waals surface area contributed by atoms with Crippen molar-refractivity contribution in [3.8, 4) is 6.07 Å². The third-order valence-corrected chi connectivity index (χ3v) is 5.89. The molecule has 1 aromatic heterocycles. The lowest BCUT2D eigenvalue weighted by molar-refractivity contribution is -0.114. The van der Waals surface area contributed by atoms with Crippen molar-refractivity contribution in [1.29, 1.82) is 5.26 Å². The Labute approximate surface area is 184 Å². The minimum absolute atomic E-state index is 0.0184. The molecule has 8 heteroatoms. The fourth-order valence-corrected chi connectivity index (χ4v) is 4.61. The standard InChI is InChI=1S/C23H31N7O/c1-8-29-21-11-19(25-16(5)31)20(10-17(21)14(3)12-23(29,6)7)26-27-22-18(13-24)15(4)28-30(22)9-2/h10-11,14H,8-9,12H2,1-7H3,(H,25,31). The van der Waals surface area contributed by atoms with Gasteiger partial charge in [-0.25, -0.2) is 4.68 Å². The number of fused-ring (bicyclic) bond motifs is 1. The maximum absolute atomic E-state index is 11.9. The predicted octanol–water partition coefficient (Wildman–Crippen LogP) is 5.57. The highest BCUT2D eigenvalue weighted by Crippen LogP contribution is 2.47. The van der Waals surface area contributed by atoms with Crippen molar-refractivity contribution < 1.29 is 4.79 Å². The number of rotatable bonds is 5. The number of nitrogens with zero attached hydrogens (tertiary/aromatic N) is 6. The van der Waals surface area contributed by atoms with Crippen LogP contribution in [0.5, 0.6) is 0 Å². The first kappa shape index (κ1) is 22.5. The van der Waals surface area contributed by atoms with Gasteiger partial charge in [-0.15, -0.1) is 10.2 Å². The first-order valence-corrected chi connectivity index (χ1v) is 10.7. The summed E-state index contributed by atoms with van der Waals surface area (Å²) in [6.45, 7) is 15.5. The van der Waals surface area contributed by atoms with Crippen LogP contribution < -0.4 is 10.2 Å². The van der Waals surface area contributed by atoms with Crippen LogP contribution in [0, 0.1) is 18.3 Å². The summed E-state index contributed by atoms with van der Waals surface area (Å²) in [7, 11) is 0. The van der Waals surface area contributed by atoms with Gasteiger partial charge in [0, 0.05) is 31.2 Å². The highest BCUT2D eigenvalue weighted by atomic mass is 16.1. The largest absolute Gasteiger partial charge is 0.366 e. The van der Waals surface area contributed by atoms with Gasteiger partial charge in [-0.3, -0.25) is 4.79 Å². The maximum atomic E-state index is 11.9. The van der Waals surface area contributed by atoms with Gasteiger partial charge in [0.05, 0.1) is 11.4 Å². The van der Waals surface area contributed by atoms with Crippen molar-refractivity contribution in [2.24, 2.45) is 10.2 Å². The molecule has 1 aliphatic rings. The van der Waals surface area contributed by atoms with E-state index >= 15 is 0 Å². The summed E-state index contributed by atoms with van der Waals surface area (Å²) in [6, 6.07) is 6.18. The van der Waals surface area contributed by atoms with Gasteiger partial charge in [0.15, 0.2) is 5.82 Å². The lowest BCUT2D eigenvalue weighted by atomic mass is 9.79. The van der Waals surface area contributed by atoms with E-state index in [2.05, 4.69) is 59.3 Å². The Kier molecular flexibility index (Phi) is 6.16. The Bertz CT molecular complexity index is 1070. The number of benzene rings is 1. The molecule has 31 heavy (non-hydrogen) atoms. The van der Waals surface area contributed by atoms with E-state index in [4.69, 9.17) is 0 Å². The number of hydrogen-bond acceptors (Lipinski definition) is 6. The van der Waals surface area contributed by atoms with E-state index in [1.54, 1.807) is 11.6 Å². The summed E-state index contributed by atoms with van der Waals surface area (Å²) < 4.78 is 1.66. The number of azo groups is 1. The number of amides is 1. The number of carbonyl (C=O) groups is 1. The number of nitriles is 1. The molecule has 164 valence electrons. The van der Waals surface area contributed by atoms with Crippen LogP contribution in [0.3, 0.4) is 0 Å². The summed E-state index contributed by atoms with van der Waals surface area (Å²) >= 11 is 0. The van der Waals surface area contributed by atoms with Crippen molar-refractivity contribution in [1.82, 2.24) is 9.78 Å². The van der Waals surface area contributed by atoms with Gasteiger partial charge >= 0.3 is 0 Å². The fraction of sp³-hybridized carbons (Fsp3) is 0.522. The van der Waals surface area contributed by atoms with Gasteiger partial charge in [-0.1, -0.05) is 6.92 Å². The maximum Gasteiger partial charge on any atom is 0.221 e. The van der Waals surface area contributed by atoms with E-state index in [9.17, 15) is 10.1 Å². The SMILES string of the molecule is CCN1c2cc(NC(C)=O)c(N=Nc3c(C#N)c(C)nn3CC)cc2C(C)CC1(C)C. The molecule has 1 aliphatic heterocycles. The Morgan fingerprint density at radius 2 is 2.03 bits per heavy atom. The van der Waals surface area contributed by atoms with Crippen LogP contribution in [0.25, 0.3) is 0 Å². The lowest BCUT2D eigenvalue weighted by Crippen LogP contribution is -2.48. The van der Waals surface area contributed by atoms with E-state index in [0.717, 1.165) is 18.7 Å². The zero-order valence-corrected chi connectivity index (χ0v) is 19.4. The minimum atomic E-state index is -0.172. The van der Waals surface area contributed by atoms with Crippen LogP contribution >= 0.6 is 0 Å². The van der Waals surface area contributed by atoms with Crippen LogP contribution in [-0.4, -0.2) is 27.8 Å². The number of aryl methyl sites for hydroxylation is 2. The summed E-state index contributed by atoms with van der Waals surface area (Å²) in [4.78, 5) is 14.3. The van der Waals surface area contributed by atoms with E-state index in [-0.39, 0.29) is 11.4 Å². The molecule has 0 radical (unpaired) electrons. The molecule has 0 aliphatic carbocycles. The topological polar surface area (TPSA) is 98.7 Å². The van der Waals surface area contributed by atoms with Crippen molar-refractivity contribution in [3.05, 3.63) is 29.0 Å². The van der Waals surface area contributed by atoms with Gasteiger partial charge in [0.2, 0.25) is 5.91 Å². The third kappa shape index (κ3) is 4.18. The summed E-state index contributed by atoms with van der Waals surface area (Å²) in [6.07, 6.45) is 1.02. The summed E-state index contributed by atoms with van der Waals surface area (Å²) in [5.41, 5.74) is 4.53. The van der Waals surface area contributed by atoms with E-state index in [0.29, 0.717) is 40.9 Å². The Balaban J connectivity index is 2.16. The van der Waals surface area contributed by atoms with E-state index in [1.165, 1.54) is 12.5 Å². The molecule has 0 fully saturated rings. The molecular weight excluding hydrogens is 390 g/mol. The molecule has 2 aromatic rings. The quantitative estimate of drug-likeness (QED) is 0.638. The Hall–Kier alpha value is -3.21. The van der Waals surface area contributed by atoms with Crippen LogP contribution in [0.4, 0.5) is 22.9 Å². The molecule has 0 saturated carbocycles. The second kappa shape index (κ2) is 8.50. The van der Waals surface area contributed by atoms with E-state index < -0.39 is 0 Å². The van der Waals surface area contributed by atoms with Crippen LogP contribution in [0.15, 0.2) is 22.4 Å². The molecule has 1 N–H and O–H groups in total.